The molecule has 1 saturated carbocycles. The third kappa shape index (κ3) is 2.81. The van der Waals surface area contributed by atoms with E-state index in [1.165, 1.54) is 24.2 Å². The van der Waals surface area contributed by atoms with Crippen molar-refractivity contribution < 1.29 is 5.11 Å². The molecule has 0 spiro atoms. The first-order valence-electron chi connectivity index (χ1n) is 5.70. The van der Waals surface area contributed by atoms with Gasteiger partial charge in [0.25, 0.3) is 0 Å². The lowest BCUT2D eigenvalue weighted by molar-refractivity contribution is 0.0784. The number of aliphatic hydroxyl groups excluding tert-OH is 1. The van der Waals surface area contributed by atoms with Crippen LogP contribution in [-0.2, 0) is 0 Å². The lowest BCUT2D eigenvalue weighted by atomic mass is 9.80. The van der Waals surface area contributed by atoms with Crippen LogP contribution in [0.5, 0.6) is 0 Å². The van der Waals surface area contributed by atoms with Crippen molar-refractivity contribution in [2.24, 2.45) is 11.8 Å². The first-order chi connectivity index (χ1) is 7.58. The zero-order valence-electron chi connectivity index (χ0n) is 9.25. The minimum Gasteiger partial charge on any atom is -0.387 e. The van der Waals surface area contributed by atoms with Crippen molar-refractivity contribution >= 4 is 38.9 Å². The highest BCUT2D eigenvalue weighted by Crippen LogP contribution is 2.42. The molecule has 1 atom stereocenters. The predicted octanol–water partition coefficient (Wildman–Crippen LogP) is 5.02. The van der Waals surface area contributed by atoms with E-state index in [0.717, 1.165) is 32.4 Å². The molecule has 0 radical (unpaired) electrons. The molecule has 1 heterocycles. The topological polar surface area (TPSA) is 20.2 Å². The summed E-state index contributed by atoms with van der Waals surface area (Å²) in [5.74, 6) is 1.24. The average Bonchev–Trinajstić information content (AvgIpc) is 2.59. The van der Waals surface area contributed by atoms with Crippen LogP contribution in [-0.4, -0.2) is 5.11 Å². The fourth-order valence-corrected chi connectivity index (χ4v) is 4.16. The summed E-state index contributed by atoms with van der Waals surface area (Å²) in [5.41, 5.74) is 0. The van der Waals surface area contributed by atoms with Crippen LogP contribution in [0.15, 0.2) is 10.5 Å². The molecule has 0 amide bonds. The van der Waals surface area contributed by atoms with E-state index in [-0.39, 0.29) is 6.10 Å². The van der Waals surface area contributed by atoms with Crippen LogP contribution in [0.25, 0.3) is 0 Å². The van der Waals surface area contributed by atoms with Crippen molar-refractivity contribution in [1.82, 2.24) is 0 Å². The van der Waals surface area contributed by atoms with Gasteiger partial charge >= 0.3 is 0 Å². The van der Waals surface area contributed by atoms with E-state index in [9.17, 15) is 5.11 Å². The highest BCUT2D eigenvalue weighted by Gasteiger charge is 2.27. The van der Waals surface area contributed by atoms with Gasteiger partial charge in [0, 0.05) is 9.35 Å². The third-order valence-electron chi connectivity index (χ3n) is 3.46. The molecule has 90 valence electrons. The van der Waals surface area contributed by atoms with Crippen LogP contribution in [0, 0.1) is 11.8 Å². The van der Waals surface area contributed by atoms with Gasteiger partial charge < -0.3 is 5.11 Å². The molecular weight excluding hydrogens is 308 g/mol. The summed E-state index contributed by atoms with van der Waals surface area (Å²) in [4.78, 5) is 0.997. The fraction of sp³-hybridized carbons (Fsp3) is 0.667. The molecule has 4 heteroatoms. The fourth-order valence-electron chi connectivity index (χ4n) is 2.34. The van der Waals surface area contributed by atoms with Gasteiger partial charge in [0.1, 0.15) is 4.34 Å². The van der Waals surface area contributed by atoms with Crippen molar-refractivity contribution in [2.75, 3.05) is 0 Å². The van der Waals surface area contributed by atoms with E-state index in [4.69, 9.17) is 11.6 Å². The van der Waals surface area contributed by atoms with Gasteiger partial charge in [-0.2, -0.15) is 0 Å². The number of halogens is 2. The second-order valence-electron chi connectivity index (χ2n) is 4.74. The van der Waals surface area contributed by atoms with Crippen LogP contribution >= 0.6 is 38.9 Å². The number of thiophene rings is 1. The third-order valence-corrected chi connectivity index (χ3v) is 6.01. The Labute approximate surface area is 114 Å². The quantitative estimate of drug-likeness (QED) is 0.810. The smallest absolute Gasteiger partial charge is 0.107 e. The van der Waals surface area contributed by atoms with Crippen LogP contribution in [0.1, 0.15) is 43.6 Å². The minimum absolute atomic E-state index is 0.332. The van der Waals surface area contributed by atoms with Gasteiger partial charge in [0.05, 0.1) is 6.10 Å². The van der Waals surface area contributed by atoms with Crippen molar-refractivity contribution in [3.8, 4) is 0 Å². The molecule has 0 aliphatic heterocycles. The Morgan fingerprint density at radius 1 is 1.44 bits per heavy atom. The number of rotatable bonds is 2. The molecule has 2 rings (SSSR count). The Morgan fingerprint density at radius 3 is 2.56 bits per heavy atom. The second kappa shape index (κ2) is 5.38. The molecule has 16 heavy (non-hydrogen) atoms. The lowest BCUT2D eigenvalue weighted by Crippen LogP contribution is -2.18. The number of aliphatic hydroxyl groups is 1. The predicted molar refractivity (Wildman–Crippen MR) is 73.1 cm³/mol. The van der Waals surface area contributed by atoms with Crippen LogP contribution in [0.3, 0.4) is 0 Å². The standard InChI is InChI=1S/C12H16BrClOS/c1-7-2-4-8(5-3-7)11(15)10-6-9(13)12(14)16-10/h6-8,11,15H,2-5H2,1H3. The van der Waals surface area contributed by atoms with Gasteiger partial charge in [0.2, 0.25) is 0 Å². The molecule has 1 aliphatic rings. The summed E-state index contributed by atoms with van der Waals surface area (Å²) in [6.07, 6.45) is 4.41. The van der Waals surface area contributed by atoms with E-state index in [2.05, 4.69) is 22.9 Å². The zero-order chi connectivity index (χ0) is 11.7. The maximum Gasteiger partial charge on any atom is 0.107 e. The summed E-state index contributed by atoms with van der Waals surface area (Å²) >= 11 is 10.9. The molecule has 1 aromatic heterocycles. The Bertz CT molecular complexity index is 338. The van der Waals surface area contributed by atoms with Gasteiger partial charge in [-0.05, 0) is 46.7 Å². The van der Waals surface area contributed by atoms with Crippen molar-refractivity contribution in [3.05, 3.63) is 19.8 Å². The highest BCUT2D eigenvalue weighted by molar-refractivity contribution is 9.10. The molecule has 0 aromatic carbocycles. The molecule has 1 nitrogen and oxygen atoms in total. The highest BCUT2D eigenvalue weighted by atomic mass is 79.9. The molecule has 1 fully saturated rings. The molecule has 1 N–H and O–H groups in total. The Morgan fingerprint density at radius 2 is 2.06 bits per heavy atom. The lowest BCUT2D eigenvalue weighted by Gasteiger charge is -2.29. The summed E-state index contributed by atoms with van der Waals surface area (Å²) < 4.78 is 1.63. The Kier molecular flexibility index (Phi) is 4.33. The van der Waals surface area contributed by atoms with Gasteiger partial charge in [-0.25, -0.2) is 0 Å². The Hall–Kier alpha value is 0.430. The van der Waals surface area contributed by atoms with Crippen molar-refractivity contribution in [1.29, 1.82) is 0 Å². The van der Waals surface area contributed by atoms with E-state index in [1.807, 2.05) is 6.07 Å². The van der Waals surface area contributed by atoms with Crippen molar-refractivity contribution in [3.63, 3.8) is 0 Å². The van der Waals surface area contributed by atoms with Gasteiger partial charge in [-0.1, -0.05) is 31.4 Å². The molecular formula is C12H16BrClOS. The SMILES string of the molecule is CC1CCC(C(O)c2cc(Br)c(Cl)s2)CC1. The molecule has 1 aromatic rings. The molecule has 0 bridgehead atoms. The molecule has 0 saturated heterocycles. The summed E-state index contributed by atoms with van der Waals surface area (Å²) in [5, 5.41) is 10.3. The zero-order valence-corrected chi connectivity index (χ0v) is 12.4. The largest absolute Gasteiger partial charge is 0.387 e. The summed E-state index contributed by atoms with van der Waals surface area (Å²) in [6.45, 7) is 2.29. The first kappa shape index (κ1) is 12.9. The average molecular weight is 324 g/mol. The van der Waals surface area contributed by atoms with Crippen molar-refractivity contribution in [2.45, 2.75) is 38.7 Å². The normalized spacial score (nSPS) is 28.0. The number of hydrogen-bond acceptors (Lipinski definition) is 2. The van der Waals surface area contributed by atoms with E-state index in [0.29, 0.717) is 5.92 Å². The van der Waals surface area contributed by atoms with Gasteiger partial charge in [-0.15, -0.1) is 11.3 Å². The van der Waals surface area contributed by atoms with Gasteiger partial charge in [0.15, 0.2) is 0 Å². The minimum atomic E-state index is -0.332. The molecule has 1 aliphatic carbocycles. The number of hydrogen-bond donors (Lipinski definition) is 1. The maximum atomic E-state index is 10.3. The van der Waals surface area contributed by atoms with Crippen LogP contribution in [0.2, 0.25) is 4.34 Å². The monoisotopic (exact) mass is 322 g/mol. The Balaban J connectivity index is 2.04. The first-order valence-corrected chi connectivity index (χ1v) is 7.69. The maximum absolute atomic E-state index is 10.3. The van der Waals surface area contributed by atoms with E-state index in [1.54, 1.807) is 0 Å². The molecule has 1 unspecified atom stereocenters. The van der Waals surface area contributed by atoms with Crippen LogP contribution < -0.4 is 0 Å². The van der Waals surface area contributed by atoms with E-state index >= 15 is 0 Å². The summed E-state index contributed by atoms with van der Waals surface area (Å²) in [7, 11) is 0. The second-order valence-corrected chi connectivity index (χ2v) is 7.28. The van der Waals surface area contributed by atoms with Gasteiger partial charge in [-0.3, -0.25) is 0 Å². The summed E-state index contributed by atoms with van der Waals surface area (Å²) in [6, 6.07) is 1.95. The van der Waals surface area contributed by atoms with Crippen LogP contribution in [0.4, 0.5) is 0 Å². The van der Waals surface area contributed by atoms with E-state index < -0.39 is 0 Å².